The Kier molecular flexibility index (Phi) is 4.70. The molecule has 0 aliphatic rings. The van der Waals surface area contributed by atoms with Crippen molar-refractivity contribution >= 4 is 43.2 Å². The lowest BCUT2D eigenvalue weighted by molar-refractivity contribution is 0.581. The highest BCUT2D eigenvalue weighted by Gasteiger charge is 2.19. The summed E-state index contributed by atoms with van der Waals surface area (Å²) in [4.78, 5) is 0.0263. The molecule has 20 heavy (non-hydrogen) atoms. The Balaban J connectivity index is 2.27. The normalized spacial score (nSPS) is 11.5. The molecule has 2 rings (SSSR count). The van der Waals surface area contributed by atoms with Crippen LogP contribution in [0.1, 0.15) is 5.56 Å². The number of halogens is 2. The fraction of sp³-hybridized carbons (Fsp3) is 0.0769. The Morgan fingerprint density at radius 3 is 2.50 bits per heavy atom. The first-order valence-electron chi connectivity index (χ1n) is 5.68. The molecule has 0 fully saturated rings. The van der Waals surface area contributed by atoms with Gasteiger partial charge in [-0.2, -0.15) is 0 Å². The molecule has 7 heteroatoms. The summed E-state index contributed by atoms with van der Waals surface area (Å²) in [5, 5.41) is 0.269. The molecule has 4 nitrogen and oxygen atoms in total. The predicted molar refractivity (Wildman–Crippen MR) is 84.0 cm³/mol. The highest BCUT2D eigenvalue weighted by Crippen LogP contribution is 2.31. The molecule has 0 atom stereocenters. The lowest BCUT2D eigenvalue weighted by Gasteiger charge is -2.10. The molecule has 3 N–H and O–H groups in total. The minimum Gasteiger partial charge on any atom is -0.398 e. The fourth-order valence-corrected chi connectivity index (χ4v) is 3.94. The number of anilines is 1. The average molecular weight is 376 g/mol. The van der Waals surface area contributed by atoms with E-state index in [1.54, 1.807) is 0 Å². The molecule has 0 saturated heterocycles. The molecule has 0 aromatic heterocycles. The number of benzene rings is 2. The first kappa shape index (κ1) is 15.3. The zero-order valence-corrected chi connectivity index (χ0v) is 13.5. The third kappa shape index (κ3) is 3.52. The Hall–Kier alpha value is -1.08. The van der Waals surface area contributed by atoms with E-state index in [1.807, 2.05) is 30.3 Å². The quantitative estimate of drug-likeness (QED) is 0.806. The van der Waals surface area contributed by atoms with Crippen LogP contribution in [0.3, 0.4) is 0 Å². The summed E-state index contributed by atoms with van der Waals surface area (Å²) < 4.78 is 27.4. The lowest BCUT2D eigenvalue weighted by atomic mass is 10.2. The van der Waals surface area contributed by atoms with Gasteiger partial charge in [0.25, 0.3) is 0 Å². The van der Waals surface area contributed by atoms with Crippen molar-refractivity contribution in [2.24, 2.45) is 0 Å². The topological polar surface area (TPSA) is 72.2 Å². The minimum atomic E-state index is -3.70. The van der Waals surface area contributed by atoms with Gasteiger partial charge in [-0.1, -0.05) is 41.9 Å². The van der Waals surface area contributed by atoms with Crippen molar-refractivity contribution in [3.63, 3.8) is 0 Å². The van der Waals surface area contributed by atoms with E-state index in [2.05, 4.69) is 20.7 Å². The summed E-state index contributed by atoms with van der Waals surface area (Å²) in [5.41, 5.74) is 6.84. The van der Waals surface area contributed by atoms with Crippen molar-refractivity contribution in [3.05, 3.63) is 57.5 Å². The molecular weight excluding hydrogens is 364 g/mol. The van der Waals surface area contributed by atoms with E-state index >= 15 is 0 Å². The molecule has 0 bridgehead atoms. The number of rotatable bonds is 4. The third-order valence-electron chi connectivity index (χ3n) is 2.63. The first-order valence-corrected chi connectivity index (χ1v) is 8.33. The summed E-state index contributed by atoms with van der Waals surface area (Å²) in [5.74, 6) is 0. The molecular formula is C13H12BrClN2O2S. The Bertz CT molecular complexity index is 721. The Labute approximate surface area is 131 Å². The van der Waals surface area contributed by atoms with Gasteiger partial charge in [0, 0.05) is 17.3 Å². The zero-order valence-electron chi connectivity index (χ0n) is 10.3. The molecule has 0 aliphatic carbocycles. The van der Waals surface area contributed by atoms with Gasteiger partial charge in [-0.05, 0) is 33.6 Å². The molecule has 0 aliphatic heterocycles. The number of nitrogens with one attached hydrogen (secondary N) is 1. The maximum absolute atomic E-state index is 12.3. The van der Waals surface area contributed by atoms with Crippen LogP contribution in [0, 0.1) is 0 Å². The number of hydrogen-bond donors (Lipinski definition) is 2. The van der Waals surface area contributed by atoms with E-state index in [4.69, 9.17) is 17.3 Å². The molecule has 0 spiro atoms. The van der Waals surface area contributed by atoms with E-state index in [-0.39, 0.29) is 22.2 Å². The number of hydrogen-bond acceptors (Lipinski definition) is 3. The van der Waals surface area contributed by atoms with Gasteiger partial charge in [0.05, 0.1) is 9.37 Å². The minimum absolute atomic E-state index is 0.0263. The summed E-state index contributed by atoms with van der Waals surface area (Å²) in [7, 11) is -3.70. The van der Waals surface area contributed by atoms with Gasteiger partial charge in [0.2, 0.25) is 10.0 Å². The van der Waals surface area contributed by atoms with Crippen LogP contribution in [0.15, 0.2) is 51.8 Å². The molecule has 2 aromatic rings. The highest BCUT2D eigenvalue weighted by atomic mass is 79.9. The van der Waals surface area contributed by atoms with Crippen molar-refractivity contribution < 1.29 is 8.42 Å². The van der Waals surface area contributed by atoms with Crippen LogP contribution in [-0.2, 0) is 16.6 Å². The van der Waals surface area contributed by atoms with E-state index in [0.29, 0.717) is 4.47 Å². The van der Waals surface area contributed by atoms with Crippen molar-refractivity contribution in [2.75, 3.05) is 5.73 Å². The maximum Gasteiger partial charge on any atom is 0.242 e. The number of nitrogens with two attached hydrogens (primary N) is 1. The largest absolute Gasteiger partial charge is 0.398 e. The Morgan fingerprint density at radius 1 is 1.20 bits per heavy atom. The van der Waals surface area contributed by atoms with E-state index in [0.717, 1.165) is 5.56 Å². The van der Waals surface area contributed by atoms with Gasteiger partial charge in [-0.15, -0.1) is 0 Å². The molecule has 106 valence electrons. The standard InChI is InChI=1S/C13H12BrClN2O2S/c14-13-11(16)6-10(15)7-12(13)20(18,19)17-8-9-4-2-1-3-5-9/h1-7,17H,8,16H2. The monoisotopic (exact) mass is 374 g/mol. The summed E-state index contributed by atoms with van der Waals surface area (Å²) >= 11 is 9.03. The predicted octanol–water partition coefficient (Wildman–Crippen LogP) is 3.16. The lowest BCUT2D eigenvalue weighted by Crippen LogP contribution is -2.23. The van der Waals surface area contributed by atoms with Crippen LogP contribution >= 0.6 is 27.5 Å². The van der Waals surface area contributed by atoms with Crippen LogP contribution < -0.4 is 10.5 Å². The SMILES string of the molecule is Nc1cc(Cl)cc(S(=O)(=O)NCc2ccccc2)c1Br. The van der Waals surface area contributed by atoms with E-state index in [9.17, 15) is 8.42 Å². The van der Waals surface area contributed by atoms with Crippen LogP contribution in [0.25, 0.3) is 0 Å². The molecule has 2 aromatic carbocycles. The summed E-state index contributed by atoms with van der Waals surface area (Å²) in [6.07, 6.45) is 0. The second kappa shape index (κ2) is 6.13. The zero-order chi connectivity index (χ0) is 14.8. The Morgan fingerprint density at radius 2 is 1.85 bits per heavy atom. The van der Waals surface area contributed by atoms with Gasteiger partial charge in [0.1, 0.15) is 0 Å². The highest BCUT2D eigenvalue weighted by molar-refractivity contribution is 9.10. The average Bonchev–Trinajstić information content (AvgIpc) is 2.42. The van der Waals surface area contributed by atoms with Crippen molar-refractivity contribution in [3.8, 4) is 0 Å². The molecule has 0 saturated carbocycles. The van der Waals surface area contributed by atoms with Gasteiger partial charge in [-0.3, -0.25) is 0 Å². The molecule has 0 radical (unpaired) electrons. The van der Waals surface area contributed by atoms with Crippen LogP contribution in [0.2, 0.25) is 5.02 Å². The van der Waals surface area contributed by atoms with Crippen LogP contribution in [-0.4, -0.2) is 8.42 Å². The fourth-order valence-electron chi connectivity index (χ4n) is 1.63. The van der Waals surface area contributed by atoms with Gasteiger partial charge in [-0.25, -0.2) is 13.1 Å². The number of nitrogen functional groups attached to an aromatic ring is 1. The summed E-state index contributed by atoms with van der Waals surface area (Å²) in [6.45, 7) is 0.196. The van der Waals surface area contributed by atoms with Crippen LogP contribution in [0.5, 0.6) is 0 Å². The van der Waals surface area contributed by atoms with E-state index in [1.165, 1.54) is 12.1 Å². The smallest absolute Gasteiger partial charge is 0.242 e. The second-order valence-electron chi connectivity index (χ2n) is 4.12. The number of sulfonamides is 1. The van der Waals surface area contributed by atoms with Gasteiger partial charge < -0.3 is 5.73 Å². The molecule has 0 amide bonds. The second-order valence-corrected chi connectivity index (χ2v) is 7.08. The first-order chi connectivity index (χ1) is 9.40. The molecule has 0 heterocycles. The van der Waals surface area contributed by atoms with Crippen LogP contribution in [0.4, 0.5) is 5.69 Å². The van der Waals surface area contributed by atoms with Gasteiger partial charge in [0.15, 0.2) is 0 Å². The van der Waals surface area contributed by atoms with Crippen molar-refractivity contribution in [1.82, 2.24) is 4.72 Å². The third-order valence-corrected chi connectivity index (χ3v) is 5.42. The van der Waals surface area contributed by atoms with E-state index < -0.39 is 10.0 Å². The summed E-state index contributed by atoms with van der Waals surface area (Å²) in [6, 6.07) is 12.1. The molecule has 0 unspecified atom stereocenters. The maximum atomic E-state index is 12.3. The van der Waals surface area contributed by atoms with Crippen molar-refractivity contribution in [2.45, 2.75) is 11.4 Å². The van der Waals surface area contributed by atoms with Gasteiger partial charge >= 0.3 is 0 Å². The van der Waals surface area contributed by atoms with Crippen molar-refractivity contribution in [1.29, 1.82) is 0 Å².